The Balaban J connectivity index is 1.71. The highest BCUT2D eigenvalue weighted by atomic mass is 32.1. The molecular weight excluding hydrogens is 326 g/mol. The number of thiocarbonyl (C=S) groups is 1. The summed E-state index contributed by atoms with van der Waals surface area (Å²) in [7, 11) is 0. The monoisotopic (exact) mass is 348 g/mol. The Morgan fingerprint density at radius 3 is 2.38 bits per heavy atom. The van der Waals surface area contributed by atoms with Crippen molar-refractivity contribution in [2.75, 3.05) is 11.9 Å². The van der Waals surface area contributed by atoms with E-state index < -0.39 is 11.6 Å². The number of anilines is 1. The van der Waals surface area contributed by atoms with E-state index in [9.17, 15) is 8.78 Å². The predicted molar refractivity (Wildman–Crippen MR) is 99.4 cm³/mol. The van der Waals surface area contributed by atoms with Crippen LogP contribution >= 0.6 is 12.2 Å². The Labute approximate surface area is 147 Å². The average molecular weight is 348 g/mol. The Morgan fingerprint density at radius 1 is 1.04 bits per heavy atom. The molecule has 0 unspecified atom stereocenters. The fourth-order valence-corrected chi connectivity index (χ4v) is 2.53. The van der Waals surface area contributed by atoms with Gasteiger partial charge >= 0.3 is 0 Å². The molecule has 0 aliphatic carbocycles. The molecule has 0 aliphatic heterocycles. The van der Waals surface area contributed by atoms with E-state index in [-0.39, 0.29) is 0 Å². The van der Waals surface area contributed by atoms with E-state index in [0.29, 0.717) is 23.3 Å². The third kappa shape index (κ3) is 5.57. The lowest BCUT2D eigenvalue weighted by atomic mass is 10.0. The molecule has 2 aromatic rings. The van der Waals surface area contributed by atoms with Gasteiger partial charge in [0.2, 0.25) is 0 Å². The molecule has 0 amide bonds. The van der Waals surface area contributed by atoms with Crippen LogP contribution in [0.15, 0.2) is 42.5 Å². The van der Waals surface area contributed by atoms with E-state index in [0.717, 1.165) is 25.0 Å². The second kappa shape index (κ2) is 8.73. The number of rotatable bonds is 6. The first-order chi connectivity index (χ1) is 11.5. The topological polar surface area (TPSA) is 24.1 Å². The molecule has 0 aliphatic rings. The van der Waals surface area contributed by atoms with Gasteiger partial charge in [0.1, 0.15) is 0 Å². The summed E-state index contributed by atoms with van der Waals surface area (Å²) < 4.78 is 26.0. The molecule has 0 atom stereocenters. The van der Waals surface area contributed by atoms with Crippen molar-refractivity contribution in [3.8, 4) is 0 Å². The molecule has 0 heterocycles. The Kier molecular flexibility index (Phi) is 6.67. The molecule has 2 rings (SSSR count). The minimum atomic E-state index is -0.896. The maximum atomic E-state index is 13.1. The molecule has 2 N–H and O–H groups in total. The summed E-state index contributed by atoms with van der Waals surface area (Å²) in [5.41, 5.74) is 3.06. The molecule has 128 valence electrons. The smallest absolute Gasteiger partial charge is 0.170 e. The van der Waals surface area contributed by atoms with E-state index in [2.05, 4.69) is 48.7 Å². The molecular formula is C19H22F2N2S. The highest BCUT2D eigenvalue weighted by Crippen LogP contribution is 2.15. The number of nitrogens with one attached hydrogen (secondary N) is 2. The Hall–Kier alpha value is -2.01. The molecule has 2 nitrogen and oxygen atoms in total. The number of aryl methyl sites for hydroxylation is 1. The number of benzene rings is 2. The molecule has 24 heavy (non-hydrogen) atoms. The van der Waals surface area contributed by atoms with Gasteiger partial charge in [0.25, 0.3) is 0 Å². The predicted octanol–water partition coefficient (Wildman–Crippen LogP) is 5.01. The van der Waals surface area contributed by atoms with Crippen molar-refractivity contribution in [3.63, 3.8) is 0 Å². The highest BCUT2D eigenvalue weighted by Gasteiger charge is 2.04. The van der Waals surface area contributed by atoms with E-state index >= 15 is 0 Å². The fraction of sp³-hybridized carbons (Fsp3) is 0.316. The van der Waals surface area contributed by atoms with Gasteiger partial charge in [-0.3, -0.25) is 0 Å². The van der Waals surface area contributed by atoms with Gasteiger partial charge in [0.15, 0.2) is 16.7 Å². The minimum Gasteiger partial charge on any atom is -0.362 e. The summed E-state index contributed by atoms with van der Waals surface area (Å²) in [5.74, 6) is -1.23. The van der Waals surface area contributed by atoms with Gasteiger partial charge in [0.05, 0.1) is 0 Å². The molecule has 0 radical (unpaired) electrons. The van der Waals surface area contributed by atoms with Crippen molar-refractivity contribution in [2.24, 2.45) is 0 Å². The average Bonchev–Trinajstić information content (AvgIpc) is 2.55. The number of hydrogen-bond acceptors (Lipinski definition) is 1. The summed E-state index contributed by atoms with van der Waals surface area (Å²) >= 11 is 5.15. The summed E-state index contributed by atoms with van der Waals surface area (Å²) in [6.07, 6.45) is 1.89. The van der Waals surface area contributed by atoms with Gasteiger partial charge < -0.3 is 10.6 Å². The van der Waals surface area contributed by atoms with Crippen LogP contribution in [-0.4, -0.2) is 11.7 Å². The molecule has 0 aromatic heterocycles. The van der Waals surface area contributed by atoms with E-state index in [1.807, 2.05) is 0 Å². The normalized spacial score (nSPS) is 10.7. The maximum Gasteiger partial charge on any atom is 0.170 e. The minimum absolute atomic E-state index is 0.399. The van der Waals surface area contributed by atoms with Crippen LogP contribution in [0.3, 0.4) is 0 Å². The van der Waals surface area contributed by atoms with Crippen LogP contribution in [0.25, 0.3) is 0 Å². The van der Waals surface area contributed by atoms with Crippen LogP contribution in [-0.2, 0) is 6.42 Å². The van der Waals surface area contributed by atoms with E-state index in [1.54, 1.807) is 0 Å². The number of halogens is 2. The van der Waals surface area contributed by atoms with Crippen molar-refractivity contribution in [1.82, 2.24) is 5.32 Å². The van der Waals surface area contributed by atoms with Crippen LogP contribution in [0.4, 0.5) is 14.5 Å². The third-order valence-electron chi connectivity index (χ3n) is 3.75. The fourth-order valence-electron chi connectivity index (χ4n) is 2.31. The number of hydrogen-bond donors (Lipinski definition) is 2. The summed E-state index contributed by atoms with van der Waals surface area (Å²) in [6.45, 7) is 5.07. The van der Waals surface area contributed by atoms with Crippen molar-refractivity contribution in [1.29, 1.82) is 0 Å². The van der Waals surface area contributed by atoms with E-state index in [4.69, 9.17) is 12.2 Å². The molecule has 5 heteroatoms. The molecule has 0 spiro atoms. The Bertz CT molecular complexity index is 684. The van der Waals surface area contributed by atoms with Crippen LogP contribution in [0.5, 0.6) is 0 Å². The lowest BCUT2D eigenvalue weighted by Crippen LogP contribution is -2.29. The standard InChI is InChI=1S/C19H22F2N2S/c1-13(2)15-7-5-14(6-8-15)4-3-11-22-19(24)23-16-9-10-17(20)18(21)12-16/h5-10,12-13H,3-4,11H2,1-2H3,(H2,22,23,24). The highest BCUT2D eigenvalue weighted by molar-refractivity contribution is 7.80. The first-order valence-corrected chi connectivity index (χ1v) is 8.45. The zero-order valence-corrected chi connectivity index (χ0v) is 14.7. The van der Waals surface area contributed by atoms with Gasteiger partial charge in [-0.25, -0.2) is 8.78 Å². The second-order valence-electron chi connectivity index (χ2n) is 6.01. The molecule has 0 fully saturated rings. The van der Waals surface area contributed by atoms with Gasteiger partial charge in [-0.05, 0) is 54.2 Å². The first kappa shape index (κ1) is 18.3. The lowest BCUT2D eigenvalue weighted by molar-refractivity contribution is 0.509. The van der Waals surface area contributed by atoms with Crippen LogP contribution in [0.1, 0.15) is 37.3 Å². The van der Waals surface area contributed by atoms with E-state index in [1.165, 1.54) is 17.2 Å². The molecule has 0 saturated heterocycles. The van der Waals surface area contributed by atoms with Crippen LogP contribution in [0.2, 0.25) is 0 Å². The lowest BCUT2D eigenvalue weighted by Gasteiger charge is -2.11. The van der Waals surface area contributed by atoms with Gasteiger partial charge in [-0.15, -0.1) is 0 Å². The third-order valence-corrected chi connectivity index (χ3v) is 4.00. The first-order valence-electron chi connectivity index (χ1n) is 8.04. The zero-order valence-electron chi connectivity index (χ0n) is 13.9. The second-order valence-corrected chi connectivity index (χ2v) is 6.42. The van der Waals surface area contributed by atoms with Crippen molar-refractivity contribution >= 4 is 23.0 Å². The summed E-state index contributed by atoms with van der Waals surface area (Å²) in [6, 6.07) is 12.3. The van der Waals surface area contributed by atoms with Crippen LogP contribution in [0, 0.1) is 11.6 Å². The quantitative estimate of drug-likeness (QED) is 0.567. The summed E-state index contributed by atoms with van der Waals surface area (Å²) in [5, 5.41) is 6.31. The van der Waals surface area contributed by atoms with Crippen molar-refractivity contribution in [3.05, 3.63) is 65.2 Å². The van der Waals surface area contributed by atoms with Crippen molar-refractivity contribution in [2.45, 2.75) is 32.6 Å². The largest absolute Gasteiger partial charge is 0.362 e. The molecule has 0 saturated carbocycles. The van der Waals surface area contributed by atoms with Gasteiger partial charge in [-0.1, -0.05) is 38.1 Å². The maximum absolute atomic E-state index is 13.1. The van der Waals surface area contributed by atoms with Crippen LogP contribution < -0.4 is 10.6 Å². The molecule has 2 aromatic carbocycles. The molecule has 0 bridgehead atoms. The Morgan fingerprint density at radius 2 is 1.75 bits per heavy atom. The van der Waals surface area contributed by atoms with Gasteiger partial charge in [0, 0.05) is 18.3 Å². The summed E-state index contributed by atoms with van der Waals surface area (Å²) in [4.78, 5) is 0. The van der Waals surface area contributed by atoms with Gasteiger partial charge in [-0.2, -0.15) is 0 Å². The van der Waals surface area contributed by atoms with Crippen molar-refractivity contribution < 1.29 is 8.78 Å². The SMILES string of the molecule is CC(C)c1ccc(CCCNC(=S)Nc2ccc(F)c(F)c2)cc1. The zero-order chi connectivity index (χ0) is 17.5.